The summed E-state index contributed by atoms with van der Waals surface area (Å²) in [6.07, 6.45) is 1.63. The van der Waals surface area contributed by atoms with E-state index in [0.717, 1.165) is 18.6 Å². The lowest BCUT2D eigenvalue weighted by Gasteiger charge is -2.28. The van der Waals surface area contributed by atoms with Crippen molar-refractivity contribution < 1.29 is 19.4 Å². The first-order valence-corrected chi connectivity index (χ1v) is 8.95. The number of amides is 2. The lowest BCUT2D eigenvalue weighted by Crippen LogP contribution is -2.49. The van der Waals surface area contributed by atoms with Crippen molar-refractivity contribution in [1.29, 1.82) is 0 Å². The molecule has 0 bridgehead atoms. The standard InChI is InChI=1S/C15H26N4O3.C2H6.CH4O/c1-6-12(18-15(21)22-5)14(20)19(8-10(2)3)9-13-16-7-11(4)17-13;2*1-2/h7,10,12H,6,8-9H2,1-5H3,(H,16,17)(H,18,21);1-2H3;2H,1H3. The number of nitrogens with zero attached hydrogens (tertiary/aromatic N) is 2. The largest absolute Gasteiger partial charge is 0.453 e. The topological polar surface area (TPSA) is 108 Å². The number of rotatable bonds is 7. The summed E-state index contributed by atoms with van der Waals surface area (Å²) < 4.78 is 4.58. The van der Waals surface area contributed by atoms with Gasteiger partial charge in [-0.1, -0.05) is 34.6 Å². The van der Waals surface area contributed by atoms with Crippen molar-refractivity contribution in [2.45, 2.75) is 60.5 Å². The first-order chi connectivity index (χ1) is 12.4. The van der Waals surface area contributed by atoms with Crippen LogP contribution in [0, 0.1) is 12.8 Å². The Morgan fingerprint density at radius 1 is 1.35 bits per heavy atom. The van der Waals surface area contributed by atoms with Crippen LogP contribution in [-0.4, -0.2) is 58.8 Å². The van der Waals surface area contributed by atoms with Gasteiger partial charge in [-0.3, -0.25) is 4.79 Å². The molecule has 0 saturated heterocycles. The first kappa shape index (κ1) is 26.1. The van der Waals surface area contributed by atoms with Crippen molar-refractivity contribution in [2.24, 2.45) is 5.92 Å². The van der Waals surface area contributed by atoms with Gasteiger partial charge >= 0.3 is 6.09 Å². The van der Waals surface area contributed by atoms with Gasteiger partial charge in [0.15, 0.2) is 0 Å². The maximum Gasteiger partial charge on any atom is 0.407 e. The summed E-state index contributed by atoms with van der Waals surface area (Å²) in [7, 11) is 2.28. The summed E-state index contributed by atoms with van der Waals surface area (Å²) in [4.78, 5) is 33.1. The highest BCUT2D eigenvalue weighted by Gasteiger charge is 2.26. The van der Waals surface area contributed by atoms with Crippen molar-refractivity contribution in [3.05, 3.63) is 17.7 Å². The zero-order valence-corrected chi connectivity index (χ0v) is 17.4. The molecule has 0 aliphatic rings. The molecule has 8 heteroatoms. The van der Waals surface area contributed by atoms with E-state index < -0.39 is 12.1 Å². The fourth-order valence-corrected chi connectivity index (χ4v) is 2.16. The number of aliphatic hydroxyl groups is 1. The molecule has 0 aromatic carbocycles. The maximum absolute atomic E-state index is 12.7. The number of imidazole rings is 1. The summed E-state index contributed by atoms with van der Waals surface area (Å²) in [5.41, 5.74) is 0.951. The molecule has 0 fully saturated rings. The van der Waals surface area contributed by atoms with E-state index in [4.69, 9.17) is 5.11 Å². The number of nitrogens with one attached hydrogen (secondary N) is 2. The highest BCUT2D eigenvalue weighted by Crippen LogP contribution is 2.09. The Morgan fingerprint density at radius 3 is 2.31 bits per heavy atom. The normalized spacial score (nSPS) is 10.7. The van der Waals surface area contributed by atoms with Gasteiger partial charge in [0.05, 0.1) is 13.7 Å². The fourth-order valence-electron chi connectivity index (χ4n) is 2.16. The van der Waals surface area contributed by atoms with Crippen LogP contribution in [0.2, 0.25) is 0 Å². The highest BCUT2D eigenvalue weighted by molar-refractivity contribution is 5.85. The van der Waals surface area contributed by atoms with Gasteiger partial charge in [0.2, 0.25) is 5.91 Å². The molecule has 1 aromatic rings. The van der Waals surface area contributed by atoms with Crippen LogP contribution in [0.15, 0.2) is 6.20 Å². The molecule has 1 atom stereocenters. The van der Waals surface area contributed by atoms with Crippen LogP contribution in [0.1, 0.15) is 52.6 Å². The Morgan fingerprint density at radius 2 is 1.92 bits per heavy atom. The van der Waals surface area contributed by atoms with Crippen molar-refractivity contribution in [3.8, 4) is 0 Å². The van der Waals surface area contributed by atoms with Gasteiger partial charge in [-0.05, 0) is 19.3 Å². The number of methoxy groups -OCH3 is 1. The van der Waals surface area contributed by atoms with Gasteiger partial charge in [-0.2, -0.15) is 0 Å². The van der Waals surface area contributed by atoms with Crippen LogP contribution >= 0.6 is 0 Å². The lowest BCUT2D eigenvalue weighted by atomic mass is 10.1. The van der Waals surface area contributed by atoms with Crippen LogP contribution in [0.5, 0.6) is 0 Å². The van der Waals surface area contributed by atoms with Crippen LogP contribution in [0.4, 0.5) is 4.79 Å². The summed E-state index contributed by atoms with van der Waals surface area (Å²) in [6.45, 7) is 12.8. The van der Waals surface area contributed by atoms with E-state index in [1.54, 1.807) is 11.1 Å². The molecule has 0 aliphatic carbocycles. The Labute approximate surface area is 157 Å². The second-order valence-electron chi connectivity index (χ2n) is 5.72. The van der Waals surface area contributed by atoms with E-state index in [2.05, 4.69) is 20.0 Å². The minimum Gasteiger partial charge on any atom is -0.453 e. The summed E-state index contributed by atoms with van der Waals surface area (Å²) in [6, 6.07) is -0.595. The molecular weight excluding hydrogens is 336 g/mol. The third-order valence-corrected chi connectivity index (χ3v) is 3.18. The summed E-state index contributed by atoms with van der Waals surface area (Å²) >= 11 is 0. The van der Waals surface area contributed by atoms with Gasteiger partial charge in [0.25, 0.3) is 0 Å². The Hall–Kier alpha value is -2.09. The molecule has 1 aromatic heterocycles. The number of carbonyl (C=O) groups is 2. The number of alkyl carbamates (subject to hydrolysis) is 1. The van der Waals surface area contributed by atoms with Gasteiger partial charge in [0.1, 0.15) is 11.9 Å². The second-order valence-corrected chi connectivity index (χ2v) is 5.72. The van der Waals surface area contributed by atoms with Crippen molar-refractivity contribution >= 4 is 12.0 Å². The third-order valence-electron chi connectivity index (χ3n) is 3.18. The third kappa shape index (κ3) is 10.0. The van der Waals surface area contributed by atoms with Gasteiger partial charge in [-0.15, -0.1) is 0 Å². The molecule has 0 saturated carbocycles. The quantitative estimate of drug-likeness (QED) is 0.681. The molecule has 26 heavy (non-hydrogen) atoms. The van der Waals surface area contributed by atoms with E-state index in [1.165, 1.54) is 7.11 Å². The number of aromatic nitrogens is 2. The van der Waals surface area contributed by atoms with E-state index in [-0.39, 0.29) is 5.91 Å². The molecule has 1 unspecified atom stereocenters. The number of aryl methyl sites for hydroxylation is 1. The van der Waals surface area contributed by atoms with Crippen LogP contribution in [-0.2, 0) is 16.1 Å². The summed E-state index contributed by atoms with van der Waals surface area (Å²) in [5, 5.41) is 9.58. The Balaban J connectivity index is 0. The average molecular weight is 373 g/mol. The molecule has 0 spiro atoms. The molecule has 152 valence electrons. The molecule has 0 aliphatic heterocycles. The van der Waals surface area contributed by atoms with Crippen LogP contribution in [0.25, 0.3) is 0 Å². The summed E-state index contributed by atoms with van der Waals surface area (Å²) in [5.74, 6) is 0.922. The minimum atomic E-state index is -0.599. The van der Waals surface area contributed by atoms with E-state index in [1.807, 2.05) is 41.5 Å². The Kier molecular flexibility index (Phi) is 15.3. The van der Waals surface area contributed by atoms with Gasteiger partial charge in [-0.25, -0.2) is 9.78 Å². The Bertz CT molecular complexity index is 503. The number of H-pyrrole nitrogens is 1. The second kappa shape index (κ2) is 15.2. The molecule has 3 N–H and O–H groups in total. The van der Waals surface area contributed by atoms with E-state index >= 15 is 0 Å². The predicted molar refractivity (Wildman–Crippen MR) is 103 cm³/mol. The van der Waals surface area contributed by atoms with Crippen LogP contribution in [0.3, 0.4) is 0 Å². The average Bonchev–Trinajstić information content (AvgIpc) is 3.06. The molecule has 8 nitrogen and oxygen atoms in total. The van der Waals surface area contributed by atoms with Crippen LogP contribution < -0.4 is 5.32 Å². The zero-order chi connectivity index (χ0) is 20.7. The smallest absolute Gasteiger partial charge is 0.407 e. The van der Waals surface area contributed by atoms with Crippen molar-refractivity contribution in [2.75, 3.05) is 20.8 Å². The van der Waals surface area contributed by atoms with Crippen molar-refractivity contribution in [1.82, 2.24) is 20.2 Å². The number of aliphatic hydroxyl groups excluding tert-OH is 1. The number of hydrogen-bond donors (Lipinski definition) is 3. The molecular formula is C18H36N4O4. The van der Waals surface area contributed by atoms with Crippen molar-refractivity contribution in [3.63, 3.8) is 0 Å². The predicted octanol–water partition coefficient (Wildman–Crippen LogP) is 2.47. The number of hydrogen-bond acceptors (Lipinski definition) is 5. The molecule has 2 amide bonds. The number of ether oxygens (including phenoxy) is 1. The first-order valence-electron chi connectivity index (χ1n) is 8.95. The molecule has 1 heterocycles. The molecule has 1 rings (SSSR count). The highest BCUT2D eigenvalue weighted by atomic mass is 16.5. The van der Waals surface area contributed by atoms with E-state index in [0.29, 0.717) is 25.4 Å². The minimum absolute atomic E-state index is 0.129. The fraction of sp³-hybridized carbons (Fsp3) is 0.722. The van der Waals surface area contributed by atoms with E-state index in [9.17, 15) is 9.59 Å². The maximum atomic E-state index is 12.7. The lowest BCUT2D eigenvalue weighted by molar-refractivity contribution is -0.134. The zero-order valence-electron chi connectivity index (χ0n) is 17.4. The molecule has 0 radical (unpaired) electrons. The SMILES string of the molecule is CC.CCC(NC(=O)OC)C(=O)N(Cc1ncc(C)[nH]1)CC(C)C.CO. The number of carbonyl (C=O) groups excluding carboxylic acids is 2. The monoisotopic (exact) mass is 372 g/mol. The van der Waals surface area contributed by atoms with Gasteiger partial charge in [0, 0.05) is 25.5 Å². The number of aromatic amines is 1. The van der Waals surface area contributed by atoms with Gasteiger partial charge < -0.3 is 25.0 Å².